The van der Waals surface area contributed by atoms with Crippen molar-refractivity contribution < 1.29 is 14.4 Å². The Morgan fingerprint density at radius 2 is 1.96 bits per heavy atom. The second-order valence-electron chi connectivity index (χ2n) is 8.06. The topological polar surface area (TPSA) is 78.5 Å². The SMILES string of the molecule is O=C(CN1C(=O)N[C@]2(CCc3ccccc3C2)C1=O)NCCC1=CCCCC1. The first kappa shape index (κ1) is 18.7. The van der Waals surface area contributed by atoms with Crippen LogP contribution in [0.1, 0.15) is 49.7 Å². The maximum atomic E-state index is 13.0. The van der Waals surface area contributed by atoms with Gasteiger partial charge in [-0.25, -0.2) is 4.79 Å². The van der Waals surface area contributed by atoms with Crippen LogP contribution in [0.4, 0.5) is 4.79 Å². The predicted molar refractivity (Wildman–Crippen MR) is 106 cm³/mol. The van der Waals surface area contributed by atoms with Gasteiger partial charge in [0.05, 0.1) is 0 Å². The van der Waals surface area contributed by atoms with Gasteiger partial charge in [-0.1, -0.05) is 35.9 Å². The first-order valence-corrected chi connectivity index (χ1v) is 10.2. The van der Waals surface area contributed by atoms with Gasteiger partial charge in [-0.15, -0.1) is 0 Å². The van der Waals surface area contributed by atoms with Crippen molar-refractivity contribution >= 4 is 17.8 Å². The lowest BCUT2D eigenvalue weighted by Gasteiger charge is -2.32. The number of carbonyl (C=O) groups excluding carboxylic acids is 3. The van der Waals surface area contributed by atoms with Gasteiger partial charge in [-0.3, -0.25) is 14.5 Å². The van der Waals surface area contributed by atoms with Crippen molar-refractivity contribution in [3.05, 3.63) is 47.0 Å². The highest BCUT2D eigenvalue weighted by Gasteiger charge is 2.52. The number of fused-ring (bicyclic) bond motifs is 1. The summed E-state index contributed by atoms with van der Waals surface area (Å²) in [5, 5.41) is 5.72. The maximum absolute atomic E-state index is 13.0. The fourth-order valence-electron chi connectivity index (χ4n) is 4.54. The number of aryl methyl sites for hydroxylation is 1. The largest absolute Gasteiger partial charge is 0.354 e. The molecule has 28 heavy (non-hydrogen) atoms. The van der Waals surface area contributed by atoms with Crippen LogP contribution >= 0.6 is 0 Å². The van der Waals surface area contributed by atoms with Crippen molar-refractivity contribution in [1.29, 1.82) is 0 Å². The van der Waals surface area contributed by atoms with Crippen LogP contribution in [0.25, 0.3) is 0 Å². The van der Waals surface area contributed by atoms with E-state index in [1.165, 1.54) is 24.0 Å². The molecule has 0 unspecified atom stereocenters. The molecule has 4 rings (SSSR count). The molecule has 3 aliphatic rings. The van der Waals surface area contributed by atoms with E-state index in [2.05, 4.69) is 22.8 Å². The average molecular weight is 381 g/mol. The summed E-state index contributed by atoms with van der Waals surface area (Å²) in [6, 6.07) is 7.55. The highest BCUT2D eigenvalue weighted by molar-refractivity contribution is 6.09. The van der Waals surface area contributed by atoms with E-state index < -0.39 is 11.6 Å². The van der Waals surface area contributed by atoms with E-state index in [0.29, 0.717) is 19.4 Å². The van der Waals surface area contributed by atoms with Crippen molar-refractivity contribution in [2.45, 2.75) is 56.9 Å². The molecule has 0 aromatic heterocycles. The lowest BCUT2D eigenvalue weighted by atomic mass is 9.78. The Balaban J connectivity index is 1.34. The van der Waals surface area contributed by atoms with E-state index in [-0.39, 0.29) is 18.4 Å². The van der Waals surface area contributed by atoms with E-state index >= 15 is 0 Å². The zero-order chi connectivity index (χ0) is 19.6. The van der Waals surface area contributed by atoms with Crippen molar-refractivity contribution in [1.82, 2.24) is 15.5 Å². The van der Waals surface area contributed by atoms with Gasteiger partial charge in [0.15, 0.2) is 0 Å². The zero-order valence-electron chi connectivity index (χ0n) is 16.1. The third kappa shape index (κ3) is 3.68. The molecule has 1 saturated heterocycles. The fourth-order valence-corrected chi connectivity index (χ4v) is 4.54. The highest BCUT2D eigenvalue weighted by atomic mass is 16.2. The number of nitrogens with one attached hydrogen (secondary N) is 2. The van der Waals surface area contributed by atoms with Crippen LogP contribution in [0.5, 0.6) is 0 Å². The van der Waals surface area contributed by atoms with E-state index in [1.54, 1.807) is 0 Å². The standard InChI is InChI=1S/C22H27N3O3/c26-19(23-13-11-16-6-2-1-3-7-16)15-25-20(27)22(24-21(25)28)12-10-17-8-4-5-9-18(17)14-22/h4-6,8-9H,1-3,7,10-15H2,(H,23,26)(H,24,28)/t22-/m0/s1. The van der Waals surface area contributed by atoms with E-state index in [9.17, 15) is 14.4 Å². The summed E-state index contributed by atoms with van der Waals surface area (Å²) in [5.74, 6) is -0.565. The Morgan fingerprint density at radius 3 is 2.75 bits per heavy atom. The molecular weight excluding hydrogens is 354 g/mol. The Labute approximate surface area is 165 Å². The minimum Gasteiger partial charge on any atom is -0.354 e. The number of rotatable bonds is 5. The third-order valence-corrected chi connectivity index (χ3v) is 6.13. The molecule has 1 atom stereocenters. The third-order valence-electron chi connectivity index (χ3n) is 6.13. The van der Waals surface area contributed by atoms with Gasteiger partial charge in [0.2, 0.25) is 5.91 Å². The number of benzene rings is 1. The number of carbonyl (C=O) groups is 3. The van der Waals surface area contributed by atoms with E-state index in [1.807, 2.05) is 18.2 Å². The van der Waals surface area contributed by atoms with Crippen LogP contribution in [-0.2, 0) is 22.4 Å². The van der Waals surface area contributed by atoms with E-state index in [0.717, 1.165) is 36.1 Å². The van der Waals surface area contributed by atoms with Gasteiger partial charge in [0.25, 0.3) is 5.91 Å². The molecule has 1 aromatic carbocycles. The summed E-state index contributed by atoms with van der Waals surface area (Å²) in [5.41, 5.74) is 2.80. The Bertz CT molecular complexity index is 832. The molecule has 6 heteroatoms. The Morgan fingerprint density at radius 1 is 1.14 bits per heavy atom. The Kier molecular flexibility index (Phi) is 5.20. The predicted octanol–water partition coefficient (Wildman–Crippen LogP) is 2.47. The second kappa shape index (κ2) is 7.78. The summed E-state index contributed by atoms with van der Waals surface area (Å²) in [7, 11) is 0. The van der Waals surface area contributed by atoms with Gasteiger partial charge >= 0.3 is 6.03 Å². The van der Waals surface area contributed by atoms with Crippen molar-refractivity contribution in [3.8, 4) is 0 Å². The fraction of sp³-hybridized carbons (Fsp3) is 0.500. The smallest absolute Gasteiger partial charge is 0.325 e. The maximum Gasteiger partial charge on any atom is 0.325 e. The monoisotopic (exact) mass is 381 g/mol. The van der Waals surface area contributed by atoms with Crippen LogP contribution in [-0.4, -0.2) is 41.4 Å². The van der Waals surface area contributed by atoms with Crippen LogP contribution in [0.15, 0.2) is 35.9 Å². The Hall–Kier alpha value is -2.63. The minimum absolute atomic E-state index is 0.215. The van der Waals surface area contributed by atoms with Gasteiger partial charge in [0.1, 0.15) is 12.1 Å². The summed E-state index contributed by atoms with van der Waals surface area (Å²) in [6.07, 6.45) is 9.59. The molecule has 6 nitrogen and oxygen atoms in total. The zero-order valence-corrected chi connectivity index (χ0v) is 16.1. The molecule has 0 saturated carbocycles. The molecule has 0 radical (unpaired) electrons. The molecule has 2 N–H and O–H groups in total. The number of hydrogen-bond acceptors (Lipinski definition) is 3. The van der Waals surface area contributed by atoms with Crippen LogP contribution in [0, 0.1) is 0 Å². The summed E-state index contributed by atoms with van der Waals surface area (Å²) in [6.45, 7) is 0.333. The molecular formula is C22H27N3O3. The lowest BCUT2D eigenvalue weighted by molar-refractivity contribution is -0.135. The van der Waals surface area contributed by atoms with Crippen molar-refractivity contribution in [2.75, 3.05) is 13.1 Å². The summed E-state index contributed by atoms with van der Waals surface area (Å²) >= 11 is 0. The van der Waals surface area contributed by atoms with Crippen LogP contribution < -0.4 is 10.6 Å². The number of allylic oxidation sites excluding steroid dienone is 1. The van der Waals surface area contributed by atoms with Gasteiger partial charge in [-0.05, 0) is 56.1 Å². The molecule has 1 aromatic rings. The van der Waals surface area contributed by atoms with Gasteiger partial charge < -0.3 is 10.6 Å². The average Bonchev–Trinajstić information content (AvgIpc) is 2.92. The second-order valence-corrected chi connectivity index (χ2v) is 8.06. The van der Waals surface area contributed by atoms with E-state index in [4.69, 9.17) is 0 Å². The van der Waals surface area contributed by atoms with Crippen molar-refractivity contribution in [2.24, 2.45) is 0 Å². The summed E-state index contributed by atoms with van der Waals surface area (Å²) < 4.78 is 0. The number of hydrogen-bond donors (Lipinski definition) is 2. The quantitative estimate of drug-likeness (QED) is 0.608. The summed E-state index contributed by atoms with van der Waals surface area (Å²) in [4.78, 5) is 38.8. The molecule has 2 aliphatic carbocycles. The molecule has 4 amide bonds. The van der Waals surface area contributed by atoms with Crippen LogP contribution in [0.2, 0.25) is 0 Å². The first-order valence-electron chi connectivity index (χ1n) is 10.2. The molecule has 148 valence electrons. The number of nitrogens with zero attached hydrogens (tertiary/aromatic N) is 1. The highest BCUT2D eigenvalue weighted by Crippen LogP contribution is 2.33. The number of urea groups is 1. The molecule has 1 heterocycles. The van der Waals surface area contributed by atoms with Gasteiger partial charge in [-0.2, -0.15) is 0 Å². The first-order chi connectivity index (χ1) is 13.6. The molecule has 1 fully saturated rings. The molecule has 1 spiro atoms. The number of amides is 4. The van der Waals surface area contributed by atoms with Gasteiger partial charge in [0, 0.05) is 13.0 Å². The molecule has 0 bridgehead atoms. The molecule has 1 aliphatic heterocycles. The normalized spacial score (nSPS) is 24.0. The minimum atomic E-state index is -0.904. The van der Waals surface area contributed by atoms with Crippen LogP contribution in [0.3, 0.4) is 0 Å². The van der Waals surface area contributed by atoms with Crippen molar-refractivity contribution in [3.63, 3.8) is 0 Å². The lowest BCUT2D eigenvalue weighted by Crippen LogP contribution is -2.51. The number of imide groups is 1.